The summed E-state index contributed by atoms with van der Waals surface area (Å²) < 4.78 is 35.9. The Hall–Kier alpha value is -3.59. The number of benzene rings is 2. The summed E-state index contributed by atoms with van der Waals surface area (Å²) in [6.07, 6.45) is 2.01. The van der Waals surface area contributed by atoms with Crippen molar-refractivity contribution in [1.82, 2.24) is 19.7 Å². The van der Waals surface area contributed by atoms with Gasteiger partial charge in [-0.1, -0.05) is 30.3 Å². The van der Waals surface area contributed by atoms with Gasteiger partial charge in [-0.25, -0.2) is 18.4 Å². The third-order valence-electron chi connectivity index (χ3n) is 5.51. The first kappa shape index (κ1) is 20.3. The van der Waals surface area contributed by atoms with Gasteiger partial charge in [-0.05, 0) is 36.6 Å². The lowest BCUT2D eigenvalue weighted by Crippen LogP contribution is -2.19. The van der Waals surface area contributed by atoms with E-state index in [9.17, 15) is 8.78 Å². The van der Waals surface area contributed by atoms with Gasteiger partial charge in [-0.15, -0.1) is 5.10 Å². The maximum Gasteiger partial charge on any atom is 0.225 e. The summed E-state index contributed by atoms with van der Waals surface area (Å²) in [5, 5.41) is 8.07. The molecule has 0 radical (unpaired) electrons. The van der Waals surface area contributed by atoms with Crippen LogP contribution in [0, 0.1) is 11.6 Å². The van der Waals surface area contributed by atoms with Crippen molar-refractivity contribution in [3.63, 3.8) is 0 Å². The zero-order chi connectivity index (χ0) is 22.1. The zero-order valence-electron chi connectivity index (χ0n) is 17.3. The van der Waals surface area contributed by atoms with Gasteiger partial charge >= 0.3 is 0 Å². The molecule has 9 heteroatoms. The van der Waals surface area contributed by atoms with Gasteiger partial charge in [0.1, 0.15) is 17.5 Å². The number of halogens is 2. The highest BCUT2D eigenvalue weighted by Crippen LogP contribution is 2.33. The fourth-order valence-electron chi connectivity index (χ4n) is 3.89. The van der Waals surface area contributed by atoms with Gasteiger partial charge in [-0.3, -0.25) is 0 Å². The molecule has 1 atom stereocenters. The summed E-state index contributed by atoms with van der Waals surface area (Å²) >= 11 is 0. The molecule has 0 bridgehead atoms. The molecule has 7 nitrogen and oxygen atoms in total. The number of nitrogens with two attached hydrogens (primary N) is 1. The summed E-state index contributed by atoms with van der Waals surface area (Å²) in [5.74, 6) is -0.631. The fourth-order valence-corrected chi connectivity index (χ4v) is 3.89. The molecule has 1 aliphatic heterocycles. The largest absolute Gasteiger partial charge is 0.383 e. The molecule has 3 heterocycles. The highest BCUT2D eigenvalue weighted by molar-refractivity contribution is 5.99. The lowest BCUT2D eigenvalue weighted by atomic mass is 10.1. The van der Waals surface area contributed by atoms with Crippen molar-refractivity contribution >= 4 is 22.8 Å². The Bertz CT molecular complexity index is 1250. The molecule has 2 aromatic heterocycles. The number of fused-ring (bicyclic) bond motifs is 1. The summed E-state index contributed by atoms with van der Waals surface area (Å²) in [5.41, 5.74) is 7.90. The predicted octanol–water partition coefficient (Wildman–Crippen LogP) is 3.99. The summed E-state index contributed by atoms with van der Waals surface area (Å²) in [4.78, 5) is 8.99. The first-order valence-corrected chi connectivity index (χ1v) is 10.5. The van der Waals surface area contributed by atoms with Crippen molar-refractivity contribution in [3.05, 3.63) is 65.7 Å². The molecule has 0 aliphatic carbocycles. The highest BCUT2D eigenvalue weighted by Gasteiger charge is 2.22. The van der Waals surface area contributed by atoms with E-state index in [0.717, 1.165) is 43.2 Å². The third kappa shape index (κ3) is 3.99. The van der Waals surface area contributed by atoms with Crippen LogP contribution < -0.4 is 11.1 Å². The van der Waals surface area contributed by atoms with E-state index in [1.807, 2.05) is 30.3 Å². The quantitative estimate of drug-likeness (QED) is 0.475. The van der Waals surface area contributed by atoms with Crippen LogP contribution in [-0.4, -0.2) is 39.0 Å². The van der Waals surface area contributed by atoms with E-state index in [1.165, 1.54) is 0 Å². The maximum atomic E-state index is 14.7. The number of ether oxygens (including phenoxy) is 1. The number of anilines is 2. The van der Waals surface area contributed by atoms with E-state index in [4.69, 9.17) is 10.5 Å². The molecule has 1 saturated heterocycles. The molecule has 5 rings (SSSR count). The fraction of sp³-hybridized carbons (Fsp3) is 0.261. The van der Waals surface area contributed by atoms with Crippen LogP contribution >= 0.6 is 0 Å². The Balaban J connectivity index is 1.61. The predicted molar refractivity (Wildman–Crippen MR) is 118 cm³/mol. The average Bonchev–Trinajstić information content (AvgIpc) is 3.43. The third-order valence-corrected chi connectivity index (χ3v) is 5.51. The molecule has 0 amide bonds. The molecule has 32 heavy (non-hydrogen) atoms. The Morgan fingerprint density at radius 1 is 1.12 bits per heavy atom. The Morgan fingerprint density at radius 2 is 1.97 bits per heavy atom. The number of aromatic nitrogens is 4. The second-order valence-corrected chi connectivity index (χ2v) is 7.76. The molecular formula is C23H22F2N6O. The molecule has 2 aromatic carbocycles. The van der Waals surface area contributed by atoms with Crippen molar-refractivity contribution in [1.29, 1.82) is 0 Å². The van der Waals surface area contributed by atoms with Crippen molar-refractivity contribution in [3.8, 4) is 11.3 Å². The number of hydrogen-bond donors (Lipinski definition) is 2. The molecule has 164 valence electrons. The van der Waals surface area contributed by atoms with Crippen LogP contribution in [0.25, 0.3) is 22.3 Å². The lowest BCUT2D eigenvalue weighted by Gasteiger charge is -2.12. The number of rotatable bonds is 6. The van der Waals surface area contributed by atoms with E-state index >= 15 is 0 Å². The van der Waals surface area contributed by atoms with Crippen molar-refractivity contribution in [2.75, 3.05) is 24.2 Å². The Morgan fingerprint density at radius 3 is 2.75 bits per heavy atom. The minimum atomic E-state index is -0.605. The molecule has 0 saturated carbocycles. The van der Waals surface area contributed by atoms with Crippen molar-refractivity contribution in [2.24, 2.45) is 0 Å². The first-order chi connectivity index (χ1) is 15.6. The topological polar surface area (TPSA) is 90.9 Å². The van der Waals surface area contributed by atoms with Crippen LogP contribution in [-0.2, 0) is 11.3 Å². The summed E-state index contributed by atoms with van der Waals surface area (Å²) in [6.45, 7) is 1.65. The standard InChI is InChI=1S/C23H22F2N6O/c24-15-8-9-18(25)17(11-15)20-19-21(26)31(13-14-5-2-1-3-6-14)30-22(19)29-23(28-20)27-12-16-7-4-10-32-16/h1-3,5-6,8-9,11,16H,4,7,10,12-13,26H2,(H,27,29,30)/t16-/m0/s1. The van der Waals surface area contributed by atoms with E-state index in [1.54, 1.807) is 4.68 Å². The van der Waals surface area contributed by atoms with Gasteiger partial charge in [0.05, 0.1) is 23.7 Å². The van der Waals surface area contributed by atoms with Crippen LogP contribution in [0.4, 0.5) is 20.5 Å². The maximum absolute atomic E-state index is 14.7. The smallest absolute Gasteiger partial charge is 0.225 e. The monoisotopic (exact) mass is 436 g/mol. The molecule has 4 aromatic rings. The van der Waals surface area contributed by atoms with Crippen LogP contribution in [0.1, 0.15) is 18.4 Å². The van der Waals surface area contributed by atoms with E-state index in [0.29, 0.717) is 24.1 Å². The minimum Gasteiger partial charge on any atom is -0.383 e. The minimum absolute atomic E-state index is 0.00327. The number of hydrogen-bond acceptors (Lipinski definition) is 6. The zero-order valence-corrected chi connectivity index (χ0v) is 17.3. The molecule has 3 N–H and O–H groups in total. The van der Waals surface area contributed by atoms with Crippen molar-refractivity contribution < 1.29 is 13.5 Å². The molecule has 1 aliphatic rings. The summed E-state index contributed by atoms with van der Waals surface area (Å²) in [7, 11) is 0. The molecule has 1 fully saturated rings. The SMILES string of the molecule is Nc1c2c(-c3cc(F)ccc3F)nc(NC[C@@H]3CCCO3)nc2nn1Cc1ccccc1. The van der Waals surface area contributed by atoms with Gasteiger partial charge in [0.2, 0.25) is 5.95 Å². The molecular weight excluding hydrogens is 414 g/mol. The van der Waals surface area contributed by atoms with Crippen molar-refractivity contribution in [2.45, 2.75) is 25.5 Å². The lowest BCUT2D eigenvalue weighted by molar-refractivity contribution is 0.120. The molecule has 0 unspecified atom stereocenters. The first-order valence-electron chi connectivity index (χ1n) is 10.5. The second-order valence-electron chi connectivity index (χ2n) is 7.76. The van der Waals surface area contributed by atoms with E-state index in [-0.39, 0.29) is 29.1 Å². The second kappa shape index (κ2) is 8.51. The summed E-state index contributed by atoms with van der Waals surface area (Å²) in [6, 6.07) is 12.9. The number of nitrogen functional groups attached to an aromatic ring is 1. The van der Waals surface area contributed by atoms with Gasteiger partial charge < -0.3 is 15.8 Å². The van der Waals surface area contributed by atoms with Crippen LogP contribution in [0.15, 0.2) is 48.5 Å². The Kier molecular flexibility index (Phi) is 5.40. The van der Waals surface area contributed by atoms with E-state index in [2.05, 4.69) is 20.4 Å². The highest BCUT2D eigenvalue weighted by atomic mass is 19.1. The Labute approximate surface area is 183 Å². The van der Waals surface area contributed by atoms with E-state index < -0.39 is 11.6 Å². The number of nitrogens with zero attached hydrogens (tertiary/aromatic N) is 4. The van der Waals surface area contributed by atoms with Gasteiger partial charge in [0.15, 0.2) is 5.65 Å². The van der Waals surface area contributed by atoms with Gasteiger partial charge in [-0.2, -0.15) is 4.98 Å². The van der Waals surface area contributed by atoms with Crippen LogP contribution in [0.2, 0.25) is 0 Å². The average molecular weight is 436 g/mol. The van der Waals surface area contributed by atoms with Gasteiger partial charge in [0.25, 0.3) is 0 Å². The van der Waals surface area contributed by atoms with Crippen LogP contribution in [0.3, 0.4) is 0 Å². The number of nitrogens with one attached hydrogen (secondary N) is 1. The normalized spacial score (nSPS) is 16.0. The van der Waals surface area contributed by atoms with Gasteiger partial charge in [0, 0.05) is 18.7 Å². The van der Waals surface area contributed by atoms with Crippen LogP contribution in [0.5, 0.6) is 0 Å². The molecule has 0 spiro atoms.